The molecule has 0 fully saturated rings. The van der Waals surface area contributed by atoms with E-state index in [4.69, 9.17) is 32.0 Å². The molecule has 0 aliphatic rings. The van der Waals surface area contributed by atoms with Crippen molar-refractivity contribution >= 4 is 88.6 Å². The topological polar surface area (TPSA) is 26.3 Å². The van der Waals surface area contributed by atoms with Gasteiger partial charge in [0.25, 0.3) is 0 Å². The number of hydrogen-bond acceptors (Lipinski definition) is 2. The van der Waals surface area contributed by atoms with Crippen LogP contribution in [0.3, 0.4) is 0 Å². The highest BCUT2D eigenvalue weighted by molar-refractivity contribution is 6.38. The van der Waals surface area contributed by atoms with Crippen LogP contribution >= 0.6 is 23.2 Å². The highest BCUT2D eigenvalue weighted by Crippen LogP contribution is 2.41. The summed E-state index contributed by atoms with van der Waals surface area (Å²) in [5.74, 6) is 0. The molecule has 0 atom stereocenters. The van der Waals surface area contributed by atoms with E-state index in [0.29, 0.717) is 0 Å². The lowest BCUT2D eigenvalue weighted by Gasteiger charge is -2.02. The lowest BCUT2D eigenvalue weighted by atomic mass is 10.0. The number of rotatable bonds is 1. The van der Waals surface area contributed by atoms with Gasteiger partial charge in [-0.15, -0.1) is 0 Å². The first-order valence-electron chi connectivity index (χ1n) is 11.7. The molecule has 2 nitrogen and oxygen atoms in total. The van der Waals surface area contributed by atoms with Gasteiger partial charge in [0.05, 0.1) is 0 Å². The van der Waals surface area contributed by atoms with Gasteiger partial charge in [0.2, 0.25) is 0 Å². The minimum Gasteiger partial charge on any atom is -0.455 e. The van der Waals surface area contributed by atoms with Crippen LogP contribution in [0.15, 0.2) is 106 Å². The molecule has 8 rings (SSSR count). The molecule has 6 aromatic carbocycles. The van der Waals surface area contributed by atoms with Crippen molar-refractivity contribution in [1.29, 1.82) is 0 Å². The van der Waals surface area contributed by atoms with E-state index in [1.165, 1.54) is 0 Å². The maximum Gasteiger partial charge on any atom is 0.143 e. The summed E-state index contributed by atoms with van der Waals surface area (Å²) in [5, 5.41) is 9.64. The number of fused-ring (bicyclic) bond motifs is 10. The summed E-state index contributed by atoms with van der Waals surface area (Å²) < 4.78 is 12.8. The van der Waals surface area contributed by atoms with E-state index in [-0.39, 0.29) is 0 Å². The zero-order chi connectivity index (χ0) is 24.0. The van der Waals surface area contributed by atoms with E-state index in [9.17, 15) is 0 Å². The third-order valence-electron chi connectivity index (χ3n) is 7.19. The fourth-order valence-electron chi connectivity index (χ4n) is 5.47. The Morgan fingerprint density at radius 2 is 0.806 bits per heavy atom. The Balaban J connectivity index is 1.34. The average Bonchev–Trinajstić information content (AvgIpc) is 3.47. The van der Waals surface area contributed by atoms with Crippen LogP contribution in [0.2, 0.25) is 10.0 Å². The molecule has 36 heavy (non-hydrogen) atoms. The molecule has 0 unspecified atom stereocenters. The highest BCUT2D eigenvalue weighted by atomic mass is 35.5. The van der Waals surface area contributed by atoms with Gasteiger partial charge in [-0.25, -0.2) is 0 Å². The number of benzene rings is 6. The van der Waals surface area contributed by atoms with Gasteiger partial charge in [0, 0.05) is 53.1 Å². The fourth-order valence-corrected chi connectivity index (χ4v) is 6.01. The van der Waals surface area contributed by atoms with Crippen LogP contribution in [-0.2, 0) is 0 Å². The minimum atomic E-state index is 0.729. The molecule has 0 N–H and O–H groups in total. The summed E-state index contributed by atoms with van der Waals surface area (Å²) in [6.45, 7) is 0. The molecule has 170 valence electrons. The molecule has 0 aliphatic carbocycles. The summed E-state index contributed by atoms with van der Waals surface area (Å²) in [6.07, 6.45) is 0. The van der Waals surface area contributed by atoms with Gasteiger partial charge in [-0.2, -0.15) is 0 Å². The predicted octanol–water partition coefficient (Wildman–Crippen LogP) is 10.8. The lowest BCUT2D eigenvalue weighted by Crippen LogP contribution is -1.78. The van der Waals surface area contributed by atoms with E-state index in [1.54, 1.807) is 0 Å². The lowest BCUT2D eigenvalue weighted by molar-refractivity contribution is 0.672. The molecule has 0 radical (unpaired) electrons. The smallest absolute Gasteiger partial charge is 0.143 e. The second-order valence-electron chi connectivity index (χ2n) is 9.19. The van der Waals surface area contributed by atoms with Crippen molar-refractivity contribution in [2.75, 3.05) is 0 Å². The minimum absolute atomic E-state index is 0.729. The Bertz CT molecular complexity index is 2030. The van der Waals surface area contributed by atoms with Crippen LogP contribution in [0.4, 0.5) is 0 Å². The van der Waals surface area contributed by atoms with Gasteiger partial charge in [-0.05, 0) is 47.5 Å². The van der Waals surface area contributed by atoms with Gasteiger partial charge in [0.15, 0.2) is 0 Å². The fraction of sp³-hybridized carbons (Fsp3) is 0. The van der Waals surface area contributed by atoms with Crippen molar-refractivity contribution < 1.29 is 8.83 Å². The summed E-state index contributed by atoms with van der Waals surface area (Å²) in [7, 11) is 0. The van der Waals surface area contributed by atoms with Crippen molar-refractivity contribution in [2.24, 2.45) is 0 Å². The monoisotopic (exact) mass is 502 g/mol. The van der Waals surface area contributed by atoms with Crippen LogP contribution in [0.25, 0.3) is 76.5 Å². The molecule has 0 saturated carbocycles. The molecule has 0 bridgehead atoms. The average molecular weight is 503 g/mol. The van der Waals surface area contributed by atoms with Crippen molar-refractivity contribution in [3.05, 3.63) is 107 Å². The zero-order valence-electron chi connectivity index (χ0n) is 18.8. The van der Waals surface area contributed by atoms with E-state index in [2.05, 4.69) is 48.5 Å². The van der Waals surface area contributed by atoms with E-state index < -0.39 is 0 Å². The van der Waals surface area contributed by atoms with Gasteiger partial charge in [-0.1, -0.05) is 83.9 Å². The second kappa shape index (κ2) is 7.27. The summed E-state index contributed by atoms with van der Waals surface area (Å²) >= 11 is 13.2. The Kier molecular flexibility index (Phi) is 4.09. The number of halogens is 2. The Morgan fingerprint density at radius 3 is 1.25 bits per heavy atom. The molecule has 2 heterocycles. The normalized spacial score (nSPS) is 12.2. The van der Waals surface area contributed by atoms with Gasteiger partial charge in [-0.3, -0.25) is 0 Å². The van der Waals surface area contributed by atoms with Crippen LogP contribution in [0.1, 0.15) is 0 Å². The molecule has 2 aromatic heterocycles. The first kappa shape index (κ1) is 20.2. The van der Waals surface area contributed by atoms with E-state index in [1.807, 2.05) is 48.5 Å². The van der Waals surface area contributed by atoms with Crippen molar-refractivity contribution in [1.82, 2.24) is 0 Å². The molecular formula is C32H16Cl2O2. The van der Waals surface area contributed by atoms with Crippen molar-refractivity contribution in [2.45, 2.75) is 0 Å². The molecule has 0 aliphatic heterocycles. The highest BCUT2D eigenvalue weighted by Gasteiger charge is 2.16. The Morgan fingerprint density at radius 1 is 0.389 bits per heavy atom. The quantitative estimate of drug-likeness (QED) is 0.223. The summed E-state index contributed by atoms with van der Waals surface area (Å²) in [5.41, 5.74) is 5.50. The number of hydrogen-bond donors (Lipinski definition) is 0. The second-order valence-corrected chi connectivity index (χ2v) is 10.0. The Hall–Kier alpha value is -3.98. The molecule has 4 heteroatoms. The first-order valence-corrected chi connectivity index (χ1v) is 12.5. The molecule has 0 saturated heterocycles. The Labute approximate surface area is 215 Å². The SMILES string of the molecule is Clc1cc2c3ccc(-c4ccc5c(c4)oc4c6ccccc6c(Cl)cc54)cc3oc2c2ccccc12. The summed E-state index contributed by atoms with van der Waals surface area (Å²) in [4.78, 5) is 0. The van der Waals surface area contributed by atoms with Crippen LogP contribution in [-0.4, -0.2) is 0 Å². The van der Waals surface area contributed by atoms with Gasteiger partial charge in [0.1, 0.15) is 22.3 Å². The van der Waals surface area contributed by atoms with Gasteiger partial charge >= 0.3 is 0 Å². The molecule has 0 spiro atoms. The zero-order valence-corrected chi connectivity index (χ0v) is 20.3. The van der Waals surface area contributed by atoms with Crippen molar-refractivity contribution in [3.63, 3.8) is 0 Å². The van der Waals surface area contributed by atoms with E-state index >= 15 is 0 Å². The number of furan rings is 2. The molecular weight excluding hydrogens is 487 g/mol. The maximum atomic E-state index is 6.60. The van der Waals surface area contributed by atoms with Crippen molar-refractivity contribution in [3.8, 4) is 11.1 Å². The first-order chi connectivity index (χ1) is 17.7. The maximum absolute atomic E-state index is 6.60. The molecule has 0 amide bonds. The molecule has 8 aromatic rings. The largest absolute Gasteiger partial charge is 0.455 e. The third kappa shape index (κ3) is 2.74. The predicted molar refractivity (Wildman–Crippen MR) is 151 cm³/mol. The third-order valence-corrected chi connectivity index (χ3v) is 7.82. The van der Waals surface area contributed by atoms with Gasteiger partial charge < -0.3 is 8.83 Å². The van der Waals surface area contributed by atoms with Crippen LogP contribution in [0, 0.1) is 0 Å². The van der Waals surface area contributed by atoms with Crippen LogP contribution in [0.5, 0.6) is 0 Å². The van der Waals surface area contributed by atoms with Crippen LogP contribution < -0.4 is 0 Å². The standard InChI is InChI=1S/C32H16Cl2O2/c33-27-15-25-21-11-9-17(13-29(21)35-31(25)23-7-3-1-5-19(23)27)18-10-12-22-26-16-28(34)20-6-2-4-8-24(20)32(26)36-30(22)14-18/h1-16H. The van der Waals surface area contributed by atoms with E-state index in [0.717, 1.165) is 86.6 Å². The summed E-state index contributed by atoms with van der Waals surface area (Å²) in [6, 6.07) is 32.8.